The van der Waals surface area contributed by atoms with Crippen LogP contribution in [0.25, 0.3) is 0 Å². The summed E-state index contributed by atoms with van der Waals surface area (Å²) in [6, 6.07) is 0. The Morgan fingerprint density at radius 3 is 2.33 bits per heavy atom. The van der Waals surface area contributed by atoms with Gasteiger partial charge in [0.15, 0.2) is 0 Å². The zero-order valence-electron chi connectivity index (χ0n) is 10.2. The quantitative estimate of drug-likeness (QED) is 0.779. The Bertz CT molecular complexity index is 346. The van der Waals surface area contributed by atoms with Crippen LogP contribution in [-0.2, 0) is 10.2 Å². The molecule has 1 aliphatic rings. The minimum atomic E-state index is -3.80. The molecule has 1 heterocycles. The average Bonchev–Trinajstić information content (AvgIpc) is 2.27. The van der Waals surface area contributed by atoms with Crippen molar-refractivity contribution in [3.63, 3.8) is 0 Å². The highest BCUT2D eigenvalue weighted by molar-refractivity contribution is 7.87. The standard InChI is InChI=1S/C9H19F2N3O2S.ClH/c1-8-2-4-14(5-3-8)17(15,16)13-7-9(10,11)6-12;/h8,13H,2-7,12H2,1H3;1H. The summed E-state index contributed by atoms with van der Waals surface area (Å²) in [6.45, 7) is 0.986. The molecule has 0 aromatic rings. The lowest BCUT2D eigenvalue weighted by Gasteiger charge is -2.29. The molecular formula is C9H20ClF2N3O2S. The van der Waals surface area contributed by atoms with Crippen molar-refractivity contribution in [2.24, 2.45) is 11.7 Å². The maximum absolute atomic E-state index is 12.8. The molecule has 0 aromatic heterocycles. The van der Waals surface area contributed by atoms with Crippen molar-refractivity contribution in [3.8, 4) is 0 Å². The normalized spacial score (nSPS) is 19.6. The van der Waals surface area contributed by atoms with Gasteiger partial charge in [0.05, 0.1) is 13.1 Å². The molecule has 110 valence electrons. The van der Waals surface area contributed by atoms with Crippen LogP contribution in [0.3, 0.4) is 0 Å². The van der Waals surface area contributed by atoms with Crippen LogP contribution >= 0.6 is 12.4 Å². The van der Waals surface area contributed by atoms with Crippen LogP contribution in [-0.4, -0.2) is 44.8 Å². The lowest BCUT2D eigenvalue weighted by Crippen LogP contribution is -2.49. The van der Waals surface area contributed by atoms with Crippen LogP contribution in [0.15, 0.2) is 0 Å². The second-order valence-electron chi connectivity index (χ2n) is 4.47. The summed E-state index contributed by atoms with van der Waals surface area (Å²) in [5, 5.41) is 0. The van der Waals surface area contributed by atoms with Crippen LogP contribution in [0.1, 0.15) is 19.8 Å². The Morgan fingerprint density at radius 2 is 1.89 bits per heavy atom. The van der Waals surface area contributed by atoms with Crippen molar-refractivity contribution in [1.29, 1.82) is 0 Å². The molecule has 5 nitrogen and oxygen atoms in total. The van der Waals surface area contributed by atoms with Gasteiger partial charge in [-0.25, -0.2) is 8.78 Å². The third kappa shape index (κ3) is 5.31. The van der Waals surface area contributed by atoms with E-state index in [0.29, 0.717) is 19.0 Å². The fraction of sp³-hybridized carbons (Fsp3) is 1.00. The number of halogens is 3. The molecule has 3 N–H and O–H groups in total. The largest absolute Gasteiger partial charge is 0.325 e. The van der Waals surface area contributed by atoms with Crippen molar-refractivity contribution < 1.29 is 17.2 Å². The monoisotopic (exact) mass is 307 g/mol. The summed E-state index contributed by atoms with van der Waals surface area (Å²) >= 11 is 0. The molecule has 0 aromatic carbocycles. The van der Waals surface area contributed by atoms with E-state index in [9.17, 15) is 17.2 Å². The number of hydrogen-bond donors (Lipinski definition) is 2. The molecule has 18 heavy (non-hydrogen) atoms. The van der Waals surface area contributed by atoms with E-state index in [1.165, 1.54) is 4.31 Å². The van der Waals surface area contributed by atoms with Crippen LogP contribution in [0.5, 0.6) is 0 Å². The SMILES string of the molecule is CC1CCN(S(=O)(=O)NCC(F)(F)CN)CC1.Cl. The van der Waals surface area contributed by atoms with Crippen LogP contribution in [0, 0.1) is 5.92 Å². The van der Waals surface area contributed by atoms with Gasteiger partial charge in [-0.15, -0.1) is 12.4 Å². The molecule has 1 rings (SSSR count). The summed E-state index contributed by atoms with van der Waals surface area (Å²) in [6.07, 6.45) is 1.52. The second kappa shape index (κ2) is 6.95. The van der Waals surface area contributed by atoms with Gasteiger partial charge >= 0.3 is 0 Å². The second-order valence-corrected chi connectivity index (χ2v) is 6.22. The minimum Gasteiger partial charge on any atom is -0.325 e. The van der Waals surface area contributed by atoms with E-state index in [-0.39, 0.29) is 12.4 Å². The van der Waals surface area contributed by atoms with Gasteiger partial charge in [0.2, 0.25) is 0 Å². The average molecular weight is 308 g/mol. The number of nitrogens with zero attached hydrogens (tertiary/aromatic N) is 1. The fourth-order valence-corrected chi connectivity index (χ4v) is 2.85. The van der Waals surface area contributed by atoms with Crippen LogP contribution in [0.4, 0.5) is 8.78 Å². The molecule has 0 radical (unpaired) electrons. The summed E-state index contributed by atoms with van der Waals surface area (Å²) < 4.78 is 52.2. The highest BCUT2D eigenvalue weighted by Gasteiger charge is 2.32. The molecule has 0 saturated carbocycles. The maximum Gasteiger partial charge on any atom is 0.279 e. The van der Waals surface area contributed by atoms with Gasteiger partial charge in [-0.05, 0) is 18.8 Å². The summed E-state index contributed by atoms with van der Waals surface area (Å²) in [5.74, 6) is -2.72. The molecule has 0 spiro atoms. The van der Waals surface area contributed by atoms with Crippen LogP contribution in [0.2, 0.25) is 0 Å². The molecule has 1 saturated heterocycles. The maximum atomic E-state index is 12.8. The van der Waals surface area contributed by atoms with E-state index in [1.54, 1.807) is 0 Å². The Labute approximate surface area is 113 Å². The molecule has 0 aliphatic carbocycles. The molecule has 0 atom stereocenters. The third-order valence-electron chi connectivity index (χ3n) is 2.89. The molecule has 9 heteroatoms. The number of piperidine rings is 1. The van der Waals surface area contributed by atoms with Gasteiger partial charge in [0, 0.05) is 13.1 Å². The zero-order valence-corrected chi connectivity index (χ0v) is 11.9. The minimum absolute atomic E-state index is 0. The van der Waals surface area contributed by atoms with Gasteiger partial charge in [0.1, 0.15) is 0 Å². The van der Waals surface area contributed by atoms with Crippen molar-refractivity contribution in [3.05, 3.63) is 0 Å². The Morgan fingerprint density at radius 1 is 1.39 bits per heavy atom. The first-order valence-corrected chi connectivity index (χ1v) is 7.03. The van der Waals surface area contributed by atoms with Crippen molar-refractivity contribution in [2.45, 2.75) is 25.7 Å². The summed E-state index contributed by atoms with van der Waals surface area (Å²) in [7, 11) is -3.80. The number of hydrogen-bond acceptors (Lipinski definition) is 3. The third-order valence-corrected chi connectivity index (χ3v) is 4.45. The predicted octanol–water partition coefficient (Wildman–Crippen LogP) is 0.569. The van der Waals surface area contributed by atoms with Gasteiger partial charge in [0.25, 0.3) is 16.1 Å². The first kappa shape index (κ1) is 18.0. The zero-order chi connectivity index (χ0) is 13.1. The molecule has 0 amide bonds. The molecule has 1 aliphatic heterocycles. The van der Waals surface area contributed by atoms with Crippen molar-refractivity contribution in [2.75, 3.05) is 26.2 Å². The highest BCUT2D eigenvalue weighted by Crippen LogP contribution is 2.18. The number of nitrogens with one attached hydrogen (secondary N) is 1. The smallest absolute Gasteiger partial charge is 0.279 e. The van der Waals surface area contributed by atoms with Crippen molar-refractivity contribution in [1.82, 2.24) is 9.03 Å². The molecule has 0 unspecified atom stereocenters. The van der Waals surface area contributed by atoms with E-state index in [4.69, 9.17) is 5.73 Å². The number of rotatable bonds is 5. The lowest BCUT2D eigenvalue weighted by atomic mass is 10.0. The van der Waals surface area contributed by atoms with Crippen molar-refractivity contribution >= 4 is 22.6 Å². The summed E-state index contributed by atoms with van der Waals surface area (Å²) in [5.41, 5.74) is 4.83. The first-order valence-electron chi connectivity index (χ1n) is 5.59. The van der Waals surface area contributed by atoms with Gasteiger partial charge in [-0.2, -0.15) is 17.4 Å². The van der Waals surface area contributed by atoms with Gasteiger partial charge in [-0.1, -0.05) is 6.92 Å². The van der Waals surface area contributed by atoms with Gasteiger partial charge < -0.3 is 5.73 Å². The Hall–Kier alpha value is -0.0200. The first-order chi connectivity index (χ1) is 7.77. The topological polar surface area (TPSA) is 75.4 Å². The highest BCUT2D eigenvalue weighted by atomic mass is 35.5. The summed E-state index contributed by atoms with van der Waals surface area (Å²) in [4.78, 5) is 0. The van der Waals surface area contributed by atoms with E-state index in [0.717, 1.165) is 12.8 Å². The van der Waals surface area contributed by atoms with E-state index >= 15 is 0 Å². The number of nitrogens with two attached hydrogens (primary N) is 1. The lowest BCUT2D eigenvalue weighted by molar-refractivity contribution is 0.0166. The van der Waals surface area contributed by atoms with Gasteiger partial charge in [-0.3, -0.25) is 0 Å². The molecule has 0 bridgehead atoms. The molecule has 1 fully saturated rings. The van der Waals surface area contributed by atoms with Crippen LogP contribution < -0.4 is 10.5 Å². The predicted molar refractivity (Wildman–Crippen MR) is 68.1 cm³/mol. The van der Waals surface area contributed by atoms with E-state index in [1.807, 2.05) is 11.6 Å². The number of alkyl halides is 2. The Balaban J connectivity index is 0.00000289. The fourth-order valence-electron chi connectivity index (χ4n) is 1.59. The van der Waals surface area contributed by atoms with E-state index < -0.39 is 29.2 Å². The Kier molecular flexibility index (Phi) is 6.94. The van der Waals surface area contributed by atoms with E-state index in [2.05, 4.69) is 0 Å². The molecular weight excluding hydrogens is 288 g/mol.